The number of amides is 2. The highest BCUT2D eigenvalue weighted by Crippen LogP contribution is 2.23. The van der Waals surface area contributed by atoms with E-state index in [4.69, 9.17) is 14.2 Å². The van der Waals surface area contributed by atoms with Gasteiger partial charge in [0, 0.05) is 6.42 Å². The Morgan fingerprint density at radius 3 is 1.79 bits per heavy atom. The summed E-state index contributed by atoms with van der Waals surface area (Å²) in [4.78, 5) is 35.6. The Balaban J connectivity index is 1.73. The average molecular weight is 386 g/mol. The van der Waals surface area contributed by atoms with Crippen LogP contribution in [-0.2, 0) is 19.1 Å². The molecule has 0 unspecified atom stereocenters. The lowest BCUT2D eigenvalue weighted by Gasteiger charge is -2.10. The number of anilines is 2. The molecule has 0 aromatic heterocycles. The fraction of sp³-hybridized carbons (Fsp3) is 0.250. The van der Waals surface area contributed by atoms with E-state index in [0.29, 0.717) is 22.9 Å². The van der Waals surface area contributed by atoms with Gasteiger partial charge in [-0.1, -0.05) is 24.3 Å². The highest BCUT2D eigenvalue weighted by Gasteiger charge is 2.13. The summed E-state index contributed by atoms with van der Waals surface area (Å²) >= 11 is 0. The third kappa shape index (κ3) is 6.31. The van der Waals surface area contributed by atoms with Gasteiger partial charge in [-0.2, -0.15) is 0 Å². The summed E-state index contributed by atoms with van der Waals surface area (Å²) in [6, 6.07) is 13.8. The molecule has 0 atom stereocenters. The van der Waals surface area contributed by atoms with Crippen LogP contribution in [0.5, 0.6) is 11.5 Å². The zero-order valence-corrected chi connectivity index (χ0v) is 15.7. The molecule has 2 amide bonds. The molecule has 2 aromatic carbocycles. The van der Waals surface area contributed by atoms with Gasteiger partial charge in [0.15, 0.2) is 6.61 Å². The number of carbonyl (C=O) groups is 3. The van der Waals surface area contributed by atoms with E-state index in [2.05, 4.69) is 10.6 Å². The molecule has 0 aliphatic rings. The number of hydrogen-bond donors (Lipinski definition) is 2. The van der Waals surface area contributed by atoms with Crippen molar-refractivity contribution in [1.82, 2.24) is 0 Å². The second kappa shape index (κ2) is 10.6. The van der Waals surface area contributed by atoms with Gasteiger partial charge in [-0.3, -0.25) is 14.4 Å². The maximum atomic E-state index is 12.0. The fourth-order valence-electron chi connectivity index (χ4n) is 2.33. The highest BCUT2D eigenvalue weighted by molar-refractivity contribution is 5.95. The molecule has 8 heteroatoms. The molecule has 8 nitrogen and oxygen atoms in total. The first kappa shape index (κ1) is 20.8. The third-order valence-corrected chi connectivity index (χ3v) is 3.68. The van der Waals surface area contributed by atoms with Gasteiger partial charge in [0.05, 0.1) is 32.0 Å². The van der Waals surface area contributed by atoms with E-state index < -0.39 is 18.5 Å². The maximum absolute atomic E-state index is 12.0. The molecule has 0 spiro atoms. The van der Waals surface area contributed by atoms with Crippen molar-refractivity contribution in [2.75, 3.05) is 31.5 Å². The molecule has 28 heavy (non-hydrogen) atoms. The van der Waals surface area contributed by atoms with Crippen LogP contribution in [0.25, 0.3) is 0 Å². The molecule has 0 aliphatic carbocycles. The van der Waals surface area contributed by atoms with E-state index in [-0.39, 0.29) is 18.7 Å². The molecule has 0 saturated carbocycles. The Morgan fingerprint density at radius 2 is 1.25 bits per heavy atom. The van der Waals surface area contributed by atoms with Crippen LogP contribution >= 0.6 is 0 Å². The van der Waals surface area contributed by atoms with Crippen LogP contribution in [0, 0.1) is 0 Å². The largest absolute Gasteiger partial charge is 0.495 e. The highest BCUT2D eigenvalue weighted by atomic mass is 16.5. The van der Waals surface area contributed by atoms with Crippen molar-refractivity contribution in [3.05, 3.63) is 48.5 Å². The van der Waals surface area contributed by atoms with Crippen molar-refractivity contribution in [2.24, 2.45) is 0 Å². The lowest BCUT2D eigenvalue weighted by Crippen LogP contribution is -2.22. The molecular formula is C20H22N2O6. The van der Waals surface area contributed by atoms with E-state index in [1.165, 1.54) is 14.2 Å². The molecular weight excluding hydrogens is 364 g/mol. The monoisotopic (exact) mass is 386 g/mol. The zero-order valence-electron chi connectivity index (χ0n) is 15.7. The number of hydrogen-bond acceptors (Lipinski definition) is 6. The van der Waals surface area contributed by atoms with E-state index >= 15 is 0 Å². The van der Waals surface area contributed by atoms with Gasteiger partial charge in [0.25, 0.3) is 5.91 Å². The standard InChI is InChI=1S/C20H22N2O6/c1-26-16-9-5-3-7-14(16)21-18(23)11-12-20(25)28-13-19(24)22-15-8-4-6-10-17(15)27-2/h3-10H,11-13H2,1-2H3,(H,21,23)(H,22,24). The molecule has 0 bridgehead atoms. The SMILES string of the molecule is COc1ccccc1NC(=O)CCC(=O)OCC(=O)Nc1ccccc1OC. The number of methoxy groups -OCH3 is 2. The number of nitrogens with one attached hydrogen (secondary N) is 2. The number of ether oxygens (including phenoxy) is 3. The van der Waals surface area contributed by atoms with Crippen LogP contribution < -0.4 is 20.1 Å². The van der Waals surface area contributed by atoms with Gasteiger partial charge in [0.2, 0.25) is 5.91 Å². The van der Waals surface area contributed by atoms with Gasteiger partial charge in [-0.05, 0) is 24.3 Å². The quantitative estimate of drug-likeness (QED) is 0.642. The first-order valence-corrected chi connectivity index (χ1v) is 8.55. The van der Waals surface area contributed by atoms with Gasteiger partial charge in [0.1, 0.15) is 11.5 Å². The Morgan fingerprint density at radius 1 is 0.750 bits per heavy atom. The number of para-hydroxylation sites is 4. The average Bonchev–Trinajstić information content (AvgIpc) is 2.71. The molecule has 2 rings (SSSR count). The number of carbonyl (C=O) groups excluding carboxylic acids is 3. The number of benzene rings is 2. The van der Waals surface area contributed by atoms with Crippen molar-refractivity contribution in [3.63, 3.8) is 0 Å². The summed E-state index contributed by atoms with van der Waals surface area (Å²) in [6.07, 6.45) is -0.228. The summed E-state index contributed by atoms with van der Waals surface area (Å²) in [5, 5.41) is 5.25. The van der Waals surface area contributed by atoms with Crippen molar-refractivity contribution >= 4 is 29.2 Å². The molecule has 0 aliphatic heterocycles. The molecule has 0 radical (unpaired) electrons. The first-order chi connectivity index (χ1) is 13.5. The van der Waals surface area contributed by atoms with Crippen LogP contribution in [0.2, 0.25) is 0 Å². The molecule has 148 valence electrons. The molecule has 0 fully saturated rings. The molecule has 2 aromatic rings. The Labute approximate surface area is 162 Å². The predicted molar refractivity (Wildman–Crippen MR) is 103 cm³/mol. The van der Waals surface area contributed by atoms with Crippen LogP contribution in [0.15, 0.2) is 48.5 Å². The second-order valence-electron chi connectivity index (χ2n) is 5.66. The lowest BCUT2D eigenvalue weighted by atomic mass is 10.2. The summed E-state index contributed by atoms with van der Waals surface area (Å²) in [5.74, 6) is -0.497. The van der Waals surface area contributed by atoms with Crippen LogP contribution in [0.4, 0.5) is 11.4 Å². The molecule has 0 saturated heterocycles. The molecule has 0 heterocycles. The van der Waals surface area contributed by atoms with Gasteiger partial charge in [-0.15, -0.1) is 0 Å². The smallest absolute Gasteiger partial charge is 0.306 e. The van der Waals surface area contributed by atoms with Crippen LogP contribution in [-0.4, -0.2) is 38.6 Å². The molecule has 2 N–H and O–H groups in total. The van der Waals surface area contributed by atoms with Gasteiger partial charge in [-0.25, -0.2) is 0 Å². The predicted octanol–water partition coefficient (Wildman–Crippen LogP) is 2.60. The normalized spacial score (nSPS) is 9.93. The topological polar surface area (TPSA) is 103 Å². The number of esters is 1. The lowest BCUT2D eigenvalue weighted by molar-refractivity contribution is -0.147. The summed E-state index contributed by atoms with van der Waals surface area (Å²) < 4.78 is 15.2. The summed E-state index contributed by atoms with van der Waals surface area (Å²) in [5.41, 5.74) is 0.988. The minimum absolute atomic E-state index is 0.0784. The number of rotatable bonds is 9. The first-order valence-electron chi connectivity index (χ1n) is 8.55. The Bertz CT molecular complexity index is 769. The van der Waals surface area contributed by atoms with E-state index in [1.54, 1.807) is 48.5 Å². The third-order valence-electron chi connectivity index (χ3n) is 3.68. The van der Waals surface area contributed by atoms with Crippen LogP contribution in [0.3, 0.4) is 0 Å². The minimum Gasteiger partial charge on any atom is -0.495 e. The Kier molecular flexibility index (Phi) is 7.83. The Hall–Kier alpha value is -3.55. The fourth-order valence-corrected chi connectivity index (χ4v) is 2.33. The van der Waals surface area contributed by atoms with E-state index in [9.17, 15) is 14.4 Å². The van der Waals surface area contributed by atoms with E-state index in [0.717, 1.165) is 0 Å². The van der Waals surface area contributed by atoms with Crippen molar-refractivity contribution in [3.8, 4) is 11.5 Å². The maximum Gasteiger partial charge on any atom is 0.306 e. The van der Waals surface area contributed by atoms with E-state index in [1.807, 2.05) is 0 Å². The van der Waals surface area contributed by atoms with Crippen LogP contribution in [0.1, 0.15) is 12.8 Å². The summed E-state index contributed by atoms with van der Waals surface area (Å²) in [7, 11) is 2.99. The zero-order chi connectivity index (χ0) is 20.4. The van der Waals surface area contributed by atoms with Crippen molar-refractivity contribution < 1.29 is 28.6 Å². The van der Waals surface area contributed by atoms with Crippen molar-refractivity contribution in [1.29, 1.82) is 0 Å². The van der Waals surface area contributed by atoms with Gasteiger partial charge < -0.3 is 24.8 Å². The second-order valence-corrected chi connectivity index (χ2v) is 5.66. The van der Waals surface area contributed by atoms with Crippen molar-refractivity contribution in [2.45, 2.75) is 12.8 Å². The van der Waals surface area contributed by atoms with Gasteiger partial charge >= 0.3 is 5.97 Å². The minimum atomic E-state index is -0.648. The summed E-state index contributed by atoms with van der Waals surface area (Å²) in [6.45, 7) is -0.453.